The van der Waals surface area contributed by atoms with Gasteiger partial charge in [0.05, 0.1) is 0 Å². The van der Waals surface area contributed by atoms with E-state index in [4.69, 9.17) is 5.84 Å². The second-order valence-corrected chi connectivity index (χ2v) is 6.69. The van der Waals surface area contributed by atoms with Crippen LogP contribution in [0.25, 0.3) is 0 Å². The minimum Gasteiger partial charge on any atom is -0.271 e. The molecule has 2 rings (SSSR count). The molecule has 1 aromatic rings. The Hall–Kier alpha value is -0.860. The van der Waals surface area contributed by atoms with Gasteiger partial charge in [-0.15, -0.1) is 0 Å². The summed E-state index contributed by atoms with van der Waals surface area (Å²) in [6, 6.07) is 11.2. The van der Waals surface area contributed by atoms with Crippen LogP contribution in [0.1, 0.15) is 52.0 Å². The van der Waals surface area contributed by atoms with Crippen molar-refractivity contribution in [3.63, 3.8) is 0 Å². The van der Waals surface area contributed by atoms with Crippen molar-refractivity contribution < 1.29 is 0 Å². The second kappa shape index (κ2) is 5.02. The smallest absolute Gasteiger partial charge is 0.0355 e. The van der Waals surface area contributed by atoms with E-state index in [0.717, 1.165) is 0 Å². The molecule has 0 saturated heterocycles. The molecule has 2 nitrogen and oxygen atoms in total. The van der Waals surface area contributed by atoms with Gasteiger partial charge in [0.15, 0.2) is 0 Å². The van der Waals surface area contributed by atoms with Crippen molar-refractivity contribution in [2.24, 2.45) is 11.3 Å². The van der Waals surface area contributed by atoms with E-state index in [1.54, 1.807) is 0 Å². The zero-order chi connectivity index (χ0) is 13.2. The van der Waals surface area contributed by atoms with Gasteiger partial charge in [0.2, 0.25) is 0 Å². The van der Waals surface area contributed by atoms with Gasteiger partial charge in [-0.1, -0.05) is 63.9 Å². The molecule has 1 unspecified atom stereocenters. The third kappa shape index (κ3) is 2.32. The van der Waals surface area contributed by atoms with Crippen LogP contribution in [0.5, 0.6) is 0 Å². The minimum absolute atomic E-state index is 0.162. The Labute approximate surface area is 111 Å². The maximum atomic E-state index is 5.91. The molecule has 1 aromatic carbocycles. The first-order valence-electron chi connectivity index (χ1n) is 7.02. The van der Waals surface area contributed by atoms with Crippen LogP contribution in [0.3, 0.4) is 0 Å². The van der Waals surface area contributed by atoms with E-state index in [1.165, 1.54) is 31.2 Å². The highest BCUT2D eigenvalue weighted by molar-refractivity contribution is 5.30. The van der Waals surface area contributed by atoms with Crippen molar-refractivity contribution in [2.75, 3.05) is 0 Å². The van der Waals surface area contributed by atoms with Crippen LogP contribution in [0.15, 0.2) is 30.3 Å². The van der Waals surface area contributed by atoms with Gasteiger partial charge in [0, 0.05) is 11.5 Å². The number of nitrogens with one attached hydrogen (secondary N) is 1. The number of hydrogen-bond acceptors (Lipinski definition) is 2. The molecule has 0 spiro atoms. The molecule has 1 aliphatic carbocycles. The standard InChI is InChI=1S/C16H26N2/c1-15(2,3)14(18-17)16(11-7-8-12-16)13-9-5-4-6-10-13/h4-6,9-10,14,18H,7-8,11-12,17H2,1-3H3. The molecule has 0 bridgehead atoms. The Morgan fingerprint density at radius 3 is 2.11 bits per heavy atom. The normalized spacial score (nSPS) is 20.9. The van der Waals surface area contributed by atoms with Crippen LogP contribution in [0, 0.1) is 5.41 Å². The maximum absolute atomic E-state index is 5.91. The Morgan fingerprint density at radius 1 is 1.11 bits per heavy atom. The average molecular weight is 246 g/mol. The molecular formula is C16H26N2. The highest BCUT2D eigenvalue weighted by atomic mass is 15.2. The first-order chi connectivity index (χ1) is 8.50. The van der Waals surface area contributed by atoms with Crippen molar-refractivity contribution >= 4 is 0 Å². The lowest BCUT2D eigenvalue weighted by Gasteiger charge is -2.45. The van der Waals surface area contributed by atoms with Crippen molar-refractivity contribution in [3.05, 3.63) is 35.9 Å². The van der Waals surface area contributed by atoms with Gasteiger partial charge in [-0.3, -0.25) is 11.3 Å². The molecule has 18 heavy (non-hydrogen) atoms. The molecule has 1 fully saturated rings. The van der Waals surface area contributed by atoms with E-state index >= 15 is 0 Å². The van der Waals surface area contributed by atoms with Gasteiger partial charge in [-0.2, -0.15) is 0 Å². The SMILES string of the molecule is CC(C)(C)C(NN)C1(c2ccccc2)CCCC1. The van der Waals surface area contributed by atoms with Crippen LogP contribution in [0.2, 0.25) is 0 Å². The molecule has 0 aliphatic heterocycles. The Kier molecular flexibility index (Phi) is 3.79. The lowest BCUT2D eigenvalue weighted by atomic mass is 9.64. The van der Waals surface area contributed by atoms with Gasteiger partial charge < -0.3 is 0 Å². The minimum atomic E-state index is 0.162. The summed E-state index contributed by atoms with van der Waals surface area (Å²) in [5.41, 5.74) is 4.93. The highest BCUT2D eigenvalue weighted by Crippen LogP contribution is 2.48. The largest absolute Gasteiger partial charge is 0.271 e. The van der Waals surface area contributed by atoms with Gasteiger partial charge in [-0.25, -0.2) is 0 Å². The number of rotatable bonds is 3. The summed E-state index contributed by atoms with van der Waals surface area (Å²) in [6.07, 6.45) is 5.10. The van der Waals surface area contributed by atoms with E-state index in [9.17, 15) is 0 Å². The highest BCUT2D eigenvalue weighted by Gasteiger charge is 2.46. The monoisotopic (exact) mass is 246 g/mol. The fourth-order valence-electron chi connectivity index (χ4n) is 3.76. The predicted molar refractivity (Wildman–Crippen MR) is 77.2 cm³/mol. The van der Waals surface area contributed by atoms with E-state index in [2.05, 4.69) is 56.5 Å². The van der Waals surface area contributed by atoms with Gasteiger partial charge in [0.1, 0.15) is 0 Å². The van der Waals surface area contributed by atoms with Crippen LogP contribution in [-0.4, -0.2) is 6.04 Å². The fraction of sp³-hybridized carbons (Fsp3) is 0.625. The summed E-state index contributed by atoms with van der Waals surface area (Å²) < 4.78 is 0. The number of hydrogen-bond donors (Lipinski definition) is 2. The summed E-state index contributed by atoms with van der Waals surface area (Å²) in [7, 11) is 0. The van der Waals surface area contributed by atoms with E-state index in [-0.39, 0.29) is 10.8 Å². The van der Waals surface area contributed by atoms with Gasteiger partial charge in [-0.05, 0) is 23.8 Å². The molecule has 1 saturated carbocycles. The molecule has 3 N–H and O–H groups in total. The van der Waals surface area contributed by atoms with Gasteiger partial charge >= 0.3 is 0 Å². The Balaban J connectivity index is 2.44. The van der Waals surface area contributed by atoms with Crippen LogP contribution in [-0.2, 0) is 5.41 Å². The number of nitrogens with two attached hydrogens (primary N) is 1. The van der Waals surface area contributed by atoms with Crippen molar-refractivity contribution in [2.45, 2.75) is 57.9 Å². The molecule has 0 aromatic heterocycles. The fourth-order valence-corrected chi connectivity index (χ4v) is 3.76. The lowest BCUT2D eigenvalue weighted by Crippen LogP contribution is -2.56. The maximum Gasteiger partial charge on any atom is 0.0355 e. The van der Waals surface area contributed by atoms with Crippen molar-refractivity contribution in [3.8, 4) is 0 Å². The summed E-state index contributed by atoms with van der Waals surface area (Å²) >= 11 is 0. The van der Waals surface area contributed by atoms with E-state index < -0.39 is 0 Å². The van der Waals surface area contributed by atoms with E-state index in [1.807, 2.05) is 0 Å². The van der Waals surface area contributed by atoms with E-state index in [0.29, 0.717) is 6.04 Å². The molecule has 2 heteroatoms. The molecule has 0 amide bonds. The quantitative estimate of drug-likeness (QED) is 0.634. The van der Waals surface area contributed by atoms with Crippen molar-refractivity contribution in [1.29, 1.82) is 0 Å². The molecule has 1 aliphatic rings. The topological polar surface area (TPSA) is 38.0 Å². The third-order valence-electron chi connectivity index (χ3n) is 4.43. The van der Waals surface area contributed by atoms with Crippen LogP contribution in [0.4, 0.5) is 0 Å². The summed E-state index contributed by atoms with van der Waals surface area (Å²) in [6.45, 7) is 6.83. The molecule has 1 atom stereocenters. The average Bonchev–Trinajstić information content (AvgIpc) is 2.79. The second-order valence-electron chi connectivity index (χ2n) is 6.69. The number of hydrazine groups is 1. The first-order valence-corrected chi connectivity index (χ1v) is 7.02. The lowest BCUT2D eigenvalue weighted by molar-refractivity contribution is 0.161. The molecule has 100 valence electrons. The van der Waals surface area contributed by atoms with Crippen molar-refractivity contribution in [1.82, 2.24) is 5.43 Å². The van der Waals surface area contributed by atoms with Gasteiger partial charge in [0.25, 0.3) is 0 Å². The summed E-state index contributed by atoms with van der Waals surface area (Å²) in [4.78, 5) is 0. The predicted octanol–water partition coefficient (Wildman–Crippen LogP) is 3.38. The summed E-state index contributed by atoms with van der Waals surface area (Å²) in [5.74, 6) is 5.91. The molecule has 0 heterocycles. The Bertz CT molecular complexity index is 372. The Morgan fingerprint density at radius 2 is 1.67 bits per heavy atom. The van der Waals surface area contributed by atoms with Crippen LogP contribution < -0.4 is 11.3 Å². The molecular weight excluding hydrogens is 220 g/mol. The zero-order valence-electron chi connectivity index (χ0n) is 11.9. The number of benzene rings is 1. The third-order valence-corrected chi connectivity index (χ3v) is 4.43. The van der Waals surface area contributed by atoms with Crippen LogP contribution >= 0.6 is 0 Å². The first kappa shape index (κ1) is 13.6. The summed E-state index contributed by atoms with van der Waals surface area (Å²) in [5, 5.41) is 0. The zero-order valence-corrected chi connectivity index (χ0v) is 11.9. The molecule has 0 radical (unpaired) electrons.